The second-order valence-corrected chi connectivity index (χ2v) is 9.87. The number of nitrogens with zero attached hydrogens (tertiary/aromatic N) is 4. The predicted molar refractivity (Wildman–Crippen MR) is 152 cm³/mol. The van der Waals surface area contributed by atoms with Crippen molar-refractivity contribution in [1.29, 1.82) is 0 Å². The average molecular weight is 542 g/mol. The van der Waals surface area contributed by atoms with Crippen LogP contribution >= 0.6 is 0 Å². The molecule has 2 amide bonds. The van der Waals surface area contributed by atoms with Crippen molar-refractivity contribution in [3.05, 3.63) is 96.8 Å². The smallest absolute Gasteiger partial charge is 0.255 e. The van der Waals surface area contributed by atoms with Gasteiger partial charge in [-0.15, -0.1) is 10.2 Å². The fourth-order valence-corrected chi connectivity index (χ4v) is 5.56. The number of halogens is 1. The first-order valence-corrected chi connectivity index (χ1v) is 13.5. The number of carbonyl (C=O) groups is 2. The van der Waals surface area contributed by atoms with E-state index in [1.54, 1.807) is 42.5 Å². The molecule has 1 aliphatic carbocycles. The molecule has 1 fully saturated rings. The second kappa shape index (κ2) is 12.1. The molecule has 9 heteroatoms. The SMILES string of the molecule is C=CC1=C(/C=C\C)C(N(C(=O)CNc2ccc(-c3nnco3)cc2)c2cccc(F)c2)C(=O)N1C1CCCCC1. The summed E-state index contributed by atoms with van der Waals surface area (Å²) in [5.74, 6) is -0.671. The van der Waals surface area contributed by atoms with Crippen LogP contribution in [0.1, 0.15) is 39.0 Å². The topological polar surface area (TPSA) is 91.6 Å². The molecule has 206 valence electrons. The van der Waals surface area contributed by atoms with E-state index in [9.17, 15) is 14.0 Å². The number of benzene rings is 2. The van der Waals surface area contributed by atoms with Crippen molar-refractivity contribution < 1.29 is 18.4 Å². The van der Waals surface area contributed by atoms with Crippen molar-refractivity contribution in [3.63, 3.8) is 0 Å². The number of aromatic nitrogens is 2. The minimum atomic E-state index is -0.942. The lowest BCUT2D eigenvalue weighted by molar-refractivity contribution is -0.132. The molecule has 8 nitrogen and oxygen atoms in total. The molecule has 1 N–H and O–H groups in total. The Morgan fingerprint density at radius 2 is 1.98 bits per heavy atom. The number of nitrogens with one attached hydrogen (secondary N) is 1. The molecule has 0 spiro atoms. The third-order valence-corrected chi connectivity index (χ3v) is 7.35. The van der Waals surface area contributed by atoms with Crippen molar-refractivity contribution in [2.75, 3.05) is 16.8 Å². The zero-order valence-corrected chi connectivity index (χ0v) is 22.4. The Morgan fingerprint density at radius 1 is 1.20 bits per heavy atom. The number of hydrogen-bond acceptors (Lipinski definition) is 6. The Kier molecular flexibility index (Phi) is 8.19. The third kappa shape index (κ3) is 5.45. The number of allylic oxidation sites excluding steroid dienone is 2. The number of anilines is 2. The van der Waals surface area contributed by atoms with Crippen molar-refractivity contribution in [2.45, 2.75) is 51.1 Å². The number of hydrogen-bond donors (Lipinski definition) is 1. The molecule has 1 unspecified atom stereocenters. The molecule has 0 radical (unpaired) electrons. The fourth-order valence-electron chi connectivity index (χ4n) is 5.56. The van der Waals surface area contributed by atoms with Crippen LogP contribution in [0.4, 0.5) is 15.8 Å². The van der Waals surface area contributed by atoms with Gasteiger partial charge in [0.1, 0.15) is 11.9 Å². The van der Waals surface area contributed by atoms with Crippen LogP contribution < -0.4 is 10.2 Å². The van der Waals surface area contributed by atoms with E-state index in [2.05, 4.69) is 22.1 Å². The Balaban J connectivity index is 1.46. The molecule has 1 atom stereocenters. The fraction of sp³-hybridized carbons (Fsp3) is 0.290. The van der Waals surface area contributed by atoms with Gasteiger partial charge in [0.2, 0.25) is 18.2 Å². The van der Waals surface area contributed by atoms with Crippen LogP contribution in [0.5, 0.6) is 0 Å². The predicted octanol–water partition coefficient (Wildman–Crippen LogP) is 5.88. The highest BCUT2D eigenvalue weighted by molar-refractivity contribution is 6.06. The Labute approximate surface area is 232 Å². The summed E-state index contributed by atoms with van der Waals surface area (Å²) in [7, 11) is 0. The van der Waals surface area contributed by atoms with E-state index >= 15 is 0 Å². The van der Waals surface area contributed by atoms with Crippen LogP contribution in [-0.2, 0) is 9.59 Å². The first-order valence-electron chi connectivity index (χ1n) is 13.5. The van der Waals surface area contributed by atoms with E-state index in [4.69, 9.17) is 4.42 Å². The quantitative estimate of drug-likeness (QED) is 0.364. The summed E-state index contributed by atoms with van der Waals surface area (Å²) in [5.41, 5.74) is 3.13. The van der Waals surface area contributed by atoms with Gasteiger partial charge in [0.25, 0.3) is 5.91 Å². The highest BCUT2D eigenvalue weighted by Gasteiger charge is 2.45. The zero-order chi connectivity index (χ0) is 28.1. The maximum absolute atomic E-state index is 14.4. The molecular weight excluding hydrogens is 509 g/mol. The Hall–Kier alpha value is -4.53. The summed E-state index contributed by atoms with van der Waals surface area (Å²) in [5, 5.41) is 10.7. The van der Waals surface area contributed by atoms with Gasteiger partial charge in [0.05, 0.1) is 6.54 Å². The molecule has 2 aliphatic rings. The van der Waals surface area contributed by atoms with Crippen molar-refractivity contribution in [1.82, 2.24) is 15.1 Å². The van der Waals surface area contributed by atoms with Gasteiger partial charge in [0, 0.05) is 34.3 Å². The lowest BCUT2D eigenvalue weighted by Gasteiger charge is -2.34. The summed E-state index contributed by atoms with van der Waals surface area (Å²) in [6, 6.07) is 12.1. The summed E-state index contributed by atoms with van der Waals surface area (Å²) < 4.78 is 19.7. The normalized spacial score (nSPS) is 18.0. The monoisotopic (exact) mass is 541 g/mol. The molecule has 0 saturated heterocycles. The minimum Gasteiger partial charge on any atom is -0.423 e. The summed E-state index contributed by atoms with van der Waals surface area (Å²) in [6.45, 7) is 5.76. The van der Waals surface area contributed by atoms with Crippen LogP contribution in [-0.4, -0.2) is 45.5 Å². The molecule has 0 bridgehead atoms. The first-order chi connectivity index (χ1) is 19.5. The summed E-state index contributed by atoms with van der Waals surface area (Å²) in [6.07, 6.45) is 11.7. The molecule has 3 aromatic rings. The minimum absolute atomic E-state index is 0.0412. The molecule has 2 heterocycles. The van der Waals surface area contributed by atoms with Crippen LogP contribution in [0, 0.1) is 5.82 Å². The summed E-state index contributed by atoms with van der Waals surface area (Å²) in [4.78, 5) is 31.3. The lowest BCUT2D eigenvalue weighted by Crippen LogP contribution is -2.51. The third-order valence-electron chi connectivity index (χ3n) is 7.35. The Bertz CT molecular complexity index is 1430. The van der Waals surface area contributed by atoms with E-state index in [0.717, 1.165) is 37.7 Å². The van der Waals surface area contributed by atoms with E-state index in [-0.39, 0.29) is 24.4 Å². The first kappa shape index (κ1) is 27.1. The maximum atomic E-state index is 14.4. The van der Waals surface area contributed by atoms with E-state index in [1.165, 1.54) is 23.4 Å². The van der Waals surface area contributed by atoms with Gasteiger partial charge in [-0.2, -0.15) is 0 Å². The van der Waals surface area contributed by atoms with Crippen molar-refractivity contribution in [3.8, 4) is 11.5 Å². The molecular formula is C31H32FN5O3. The molecule has 5 rings (SSSR count). The average Bonchev–Trinajstić information content (AvgIpc) is 3.60. The number of rotatable bonds is 9. The van der Waals surface area contributed by atoms with Crippen molar-refractivity contribution >= 4 is 23.2 Å². The van der Waals surface area contributed by atoms with Crippen LogP contribution in [0.25, 0.3) is 11.5 Å². The summed E-state index contributed by atoms with van der Waals surface area (Å²) >= 11 is 0. The van der Waals surface area contributed by atoms with Gasteiger partial charge in [-0.05, 0) is 68.3 Å². The van der Waals surface area contributed by atoms with Gasteiger partial charge >= 0.3 is 0 Å². The van der Waals surface area contributed by atoms with Gasteiger partial charge in [0.15, 0.2) is 0 Å². The van der Waals surface area contributed by atoms with Gasteiger partial charge in [-0.25, -0.2) is 4.39 Å². The maximum Gasteiger partial charge on any atom is 0.255 e. The number of carbonyl (C=O) groups excluding carboxylic acids is 2. The van der Waals surface area contributed by atoms with Crippen molar-refractivity contribution in [2.24, 2.45) is 0 Å². The van der Waals surface area contributed by atoms with Crippen LogP contribution in [0.15, 0.2) is 95.4 Å². The Morgan fingerprint density at radius 3 is 2.62 bits per heavy atom. The van der Waals surface area contributed by atoms with E-state index in [0.29, 0.717) is 28.5 Å². The molecule has 1 aliphatic heterocycles. The molecule has 2 aromatic carbocycles. The molecule has 40 heavy (non-hydrogen) atoms. The van der Waals surface area contributed by atoms with Gasteiger partial charge in [-0.3, -0.25) is 14.5 Å². The number of amides is 2. The molecule has 1 aromatic heterocycles. The standard InChI is InChI=1S/C31H32FN5O3/c1-3-9-26-27(4-2)36(24-11-6-5-7-12-24)31(39)29(26)37(25-13-8-10-22(32)18-25)28(38)19-33-23-16-14-21(15-17-23)30-35-34-20-40-30/h3-4,8-10,13-18,20,24,29,33H,2,5-7,11-12,19H2,1H3/b9-3-. The van der Waals surface area contributed by atoms with Crippen LogP contribution in [0.3, 0.4) is 0 Å². The van der Waals surface area contributed by atoms with Gasteiger partial charge < -0.3 is 14.6 Å². The largest absolute Gasteiger partial charge is 0.423 e. The molecule has 1 saturated carbocycles. The van der Waals surface area contributed by atoms with Crippen LogP contribution in [0.2, 0.25) is 0 Å². The van der Waals surface area contributed by atoms with E-state index in [1.807, 2.05) is 24.0 Å². The lowest BCUT2D eigenvalue weighted by atomic mass is 9.94. The highest BCUT2D eigenvalue weighted by Crippen LogP contribution is 2.38. The zero-order valence-electron chi connectivity index (χ0n) is 22.4. The van der Waals surface area contributed by atoms with Gasteiger partial charge in [-0.1, -0.05) is 44.1 Å². The second-order valence-electron chi connectivity index (χ2n) is 9.87. The van der Waals surface area contributed by atoms with E-state index < -0.39 is 11.9 Å². The highest BCUT2D eigenvalue weighted by atomic mass is 19.1.